The summed E-state index contributed by atoms with van der Waals surface area (Å²) in [6, 6.07) is 15.4. The Morgan fingerprint density at radius 1 is 1.10 bits per heavy atom. The van der Waals surface area contributed by atoms with E-state index in [2.05, 4.69) is 34.6 Å². The van der Waals surface area contributed by atoms with Crippen molar-refractivity contribution < 1.29 is 18.7 Å². The van der Waals surface area contributed by atoms with Gasteiger partial charge >= 0.3 is 0 Å². The van der Waals surface area contributed by atoms with Gasteiger partial charge in [-0.15, -0.1) is 10.2 Å². The molecule has 152 valence electrons. The molecule has 0 aliphatic carbocycles. The maximum absolute atomic E-state index is 12.1. The lowest BCUT2D eigenvalue weighted by molar-refractivity contribution is -0.118. The van der Waals surface area contributed by atoms with E-state index < -0.39 is 0 Å². The van der Waals surface area contributed by atoms with Crippen LogP contribution in [0.2, 0.25) is 0 Å². The van der Waals surface area contributed by atoms with Crippen LogP contribution in [-0.2, 0) is 4.79 Å². The van der Waals surface area contributed by atoms with Gasteiger partial charge in [-0.25, -0.2) is 0 Å². The number of carbonyl (C=O) groups excluding carboxylic acids is 1. The Hall–Kier alpha value is -3.00. The Morgan fingerprint density at radius 3 is 2.59 bits per heavy atom. The highest BCUT2D eigenvalue weighted by atomic mass is 32.2. The average molecular weight is 413 g/mol. The minimum Gasteiger partial charge on any atom is -0.493 e. The molecule has 8 heteroatoms. The van der Waals surface area contributed by atoms with Crippen molar-refractivity contribution in [1.29, 1.82) is 0 Å². The molecule has 7 nitrogen and oxygen atoms in total. The first-order valence-corrected chi connectivity index (χ1v) is 10.1. The van der Waals surface area contributed by atoms with Crippen molar-refractivity contribution in [2.45, 2.75) is 18.1 Å². The molecular weight excluding hydrogens is 390 g/mol. The number of methoxy groups -OCH3 is 2. The molecule has 0 unspecified atom stereocenters. The summed E-state index contributed by atoms with van der Waals surface area (Å²) in [6.07, 6.45) is 0. The number of hydrogen-bond donors (Lipinski definition) is 1. The van der Waals surface area contributed by atoms with Gasteiger partial charge in [-0.3, -0.25) is 4.79 Å². The second-order valence-corrected chi connectivity index (χ2v) is 7.27. The molecule has 0 bridgehead atoms. The first-order valence-electron chi connectivity index (χ1n) is 9.11. The summed E-state index contributed by atoms with van der Waals surface area (Å²) in [5.41, 5.74) is 1.90. The lowest BCUT2D eigenvalue weighted by Crippen LogP contribution is -2.28. The molecule has 0 aliphatic rings. The van der Waals surface area contributed by atoms with Gasteiger partial charge in [0.15, 0.2) is 11.5 Å². The molecule has 0 fully saturated rings. The van der Waals surface area contributed by atoms with Crippen molar-refractivity contribution in [2.24, 2.45) is 0 Å². The molecule has 3 aromatic rings. The van der Waals surface area contributed by atoms with Gasteiger partial charge in [-0.1, -0.05) is 49.0 Å². The van der Waals surface area contributed by atoms with E-state index >= 15 is 0 Å². The van der Waals surface area contributed by atoms with Crippen LogP contribution in [0.5, 0.6) is 11.5 Å². The smallest absolute Gasteiger partial charge is 0.277 e. The predicted molar refractivity (Wildman–Crippen MR) is 111 cm³/mol. The van der Waals surface area contributed by atoms with Gasteiger partial charge in [-0.2, -0.15) is 0 Å². The van der Waals surface area contributed by atoms with Crippen LogP contribution < -0.4 is 14.8 Å². The third-order valence-corrected chi connectivity index (χ3v) is 5.16. The predicted octanol–water partition coefficient (Wildman–Crippen LogP) is 3.77. The Kier molecular flexibility index (Phi) is 7.13. The number of ether oxygens (including phenoxy) is 2. The normalized spacial score (nSPS) is 11.7. The zero-order chi connectivity index (χ0) is 20.6. The first-order chi connectivity index (χ1) is 14.1. The second-order valence-electron chi connectivity index (χ2n) is 6.35. The minimum atomic E-state index is -0.0800. The summed E-state index contributed by atoms with van der Waals surface area (Å²) < 4.78 is 16.2. The number of aromatic nitrogens is 2. The fraction of sp³-hybridized carbons (Fsp3) is 0.286. The van der Waals surface area contributed by atoms with Crippen LogP contribution in [0.4, 0.5) is 0 Å². The summed E-state index contributed by atoms with van der Waals surface area (Å²) in [5, 5.41) is 11.3. The number of thioether (sulfide) groups is 1. The van der Waals surface area contributed by atoms with Crippen molar-refractivity contribution in [3.8, 4) is 23.0 Å². The highest BCUT2D eigenvalue weighted by molar-refractivity contribution is 7.99. The molecule has 1 aromatic heterocycles. The number of benzene rings is 2. The van der Waals surface area contributed by atoms with Gasteiger partial charge in [0.05, 0.1) is 20.0 Å². The summed E-state index contributed by atoms with van der Waals surface area (Å²) in [4.78, 5) is 12.1. The summed E-state index contributed by atoms with van der Waals surface area (Å²) in [6.45, 7) is 2.65. The molecule has 29 heavy (non-hydrogen) atoms. The van der Waals surface area contributed by atoms with Crippen LogP contribution in [0.3, 0.4) is 0 Å². The summed E-state index contributed by atoms with van der Waals surface area (Å²) in [7, 11) is 3.14. The maximum Gasteiger partial charge on any atom is 0.277 e. The number of carbonyl (C=O) groups is 1. The van der Waals surface area contributed by atoms with E-state index in [0.29, 0.717) is 34.7 Å². The molecule has 0 spiro atoms. The first kappa shape index (κ1) is 20.7. The van der Waals surface area contributed by atoms with Crippen LogP contribution in [0.15, 0.2) is 58.2 Å². The average Bonchev–Trinajstić information content (AvgIpc) is 3.25. The third kappa shape index (κ3) is 5.51. The lowest BCUT2D eigenvalue weighted by atomic mass is 10.0. The van der Waals surface area contributed by atoms with Gasteiger partial charge < -0.3 is 19.2 Å². The highest BCUT2D eigenvalue weighted by Crippen LogP contribution is 2.32. The molecule has 1 N–H and O–H groups in total. The third-order valence-electron chi connectivity index (χ3n) is 4.34. The van der Waals surface area contributed by atoms with Crippen LogP contribution >= 0.6 is 11.8 Å². The van der Waals surface area contributed by atoms with Gasteiger partial charge in [0, 0.05) is 12.1 Å². The fourth-order valence-electron chi connectivity index (χ4n) is 2.70. The van der Waals surface area contributed by atoms with E-state index in [1.807, 2.05) is 18.2 Å². The molecule has 0 saturated carbocycles. The minimum absolute atomic E-state index is 0.0800. The van der Waals surface area contributed by atoms with E-state index in [1.54, 1.807) is 32.4 Å². The van der Waals surface area contributed by atoms with Crippen LogP contribution in [0.25, 0.3) is 11.5 Å². The van der Waals surface area contributed by atoms with Crippen molar-refractivity contribution in [2.75, 3.05) is 26.5 Å². The largest absolute Gasteiger partial charge is 0.493 e. The Labute approximate surface area is 173 Å². The van der Waals surface area contributed by atoms with Crippen molar-refractivity contribution in [3.63, 3.8) is 0 Å². The van der Waals surface area contributed by atoms with Gasteiger partial charge in [0.1, 0.15) is 0 Å². The van der Waals surface area contributed by atoms with E-state index in [0.717, 1.165) is 0 Å². The molecule has 1 amide bonds. The van der Waals surface area contributed by atoms with Gasteiger partial charge in [-0.05, 0) is 29.7 Å². The summed E-state index contributed by atoms with van der Waals surface area (Å²) >= 11 is 1.20. The maximum atomic E-state index is 12.1. The molecule has 3 rings (SSSR count). The highest BCUT2D eigenvalue weighted by Gasteiger charge is 2.14. The van der Waals surface area contributed by atoms with Crippen LogP contribution in [-0.4, -0.2) is 42.6 Å². The number of amides is 1. The molecule has 0 radical (unpaired) electrons. The lowest BCUT2D eigenvalue weighted by Gasteiger charge is -2.12. The zero-order valence-electron chi connectivity index (χ0n) is 16.5. The van der Waals surface area contributed by atoms with Gasteiger partial charge in [0.2, 0.25) is 11.8 Å². The molecule has 2 aromatic carbocycles. The number of rotatable bonds is 9. The number of nitrogens with zero attached hydrogens (tertiary/aromatic N) is 2. The standard InChI is InChI=1S/C21H23N3O4S/c1-14(15-7-5-4-6-8-15)12-22-19(25)13-29-21-24-23-20(28-21)16-9-10-17(26-2)18(11-16)27-3/h4-11,14H,12-13H2,1-3H3,(H,22,25)/t14-/m1/s1. The molecule has 0 aliphatic heterocycles. The summed E-state index contributed by atoms with van der Waals surface area (Å²) in [5.74, 6) is 1.91. The Bertz CT molecular complexity index is 946. The van der Waals surface area contributed by atoms with E-state index in [4.69, 9.17) is 13.9 Å². The van der Waals surface area contributed by atoms with Gasteiger partial charge in [0.25, 0.3) is 5.22 Å². The SMILES string of the molecule is COc1ccc(-c2nnc(SCC(=O)NC[C@@H](C)c3ccccc3)o2)cc1OC. The van der Waals surface area contributed by atoms with E-state index in [-0.39, 0.29) is 17.6 Å². The monoisotopic (exact) mass is 413 g/mol. The van der Waals surface area contributed by atoms with Crippen molar-refractivity contribution in [3.05, 3.63) is 54.1 Å². The van der Waals surface area contributed by atoms with Crippen molar-refractivity contribution >= 4 is 17.7 Å². The topological polar surface area (TPSA) is 86.5 Å². The molecule has 0 saturated heterocycles. The van der Waals surface area contributed by atoms with Crippen LogP contribution in [0, 0.1) is 0 Å². The van der Waals surface area contributed by atoms with Crippen molar-refractivity contribution in [1.82, 2.24) is 15.5 Å². The fourth-order valence-corrected chi connectivity index (χ4v) is 3.29. The molecular formula is C21H23N3O4S. The number of hydrogen-bond acceptors (Lipinski definition) is 7. The Morgan fingerprint density at radius 2 is 1.86 bits per heavy atom. The zero-order valence-corrected chi connectivity index (χ0v) is 17.4. The molecule has 1 heterocycles. The molecule has 1 atom stereocenters. The van der Waals surface area contributed by atoms with E-state index in [1.165, 1.54) is 17.3 Å². The second kappa shape index (κ2) is 9.97. The van der Waals surface area contributed by atoms with E-state index in [9.17, 15) is 4.79 Å². The Balaban J connectivity index is 1.52. The quantitative estimate of drug-likeness (QED) is 0.534. The van der Waals surface area contributed by atoms with Crippen LogP contribution in [0.1, 0.15) is 18.4 Å². The number of nitrogens with one attached hydrogen (secondary N) is 1.